The van der Waals surface area contributed by atoms with E-state index >= 15 is 0 Å². The summed E-state index contributed by atoms with van der Waals surface area (Å²) in [6.07, 6.45) is 0. The zero-order valence-corrected chi connectivity index (χ0v) is 21.8. The molecule has 0 saturated carbocycles. The third-order valence-corrected chi connectivity index (χ3v) is 6.74. The second-order valence-corrected chi connectivity index (χ2v) is 9.58. The molecule has 0 bridgehead atoms. The summed E-state index contributed by atoms with van der Waals surface area (Å²) in [5.41, 5.74) is 8.11. The predicted octanol–water partition coefficient (Wildman–Crippen LogP) is 7.40. The lowest BCUT2D eigenvalue weighted by molar-refractivity contribution is 0.393. The molecule has 3 N–H and O–H groups in total. The second kappa shape index (κ2) is 8.67. The highest BCUT2D eigenvalue weighted by atomic mass is 35.5. The van der Waals surface area contributed by atoms with Gasteiger partial charge in [-0.25, -0.2) is 9.97 Å². The Hall–Kier alpha value is -4.30. The van der Waals surface area contributed by atoms with Crippen molar-refractivity contribution in [1.82, 2.24) is 25.1 Å². The van der Waals surface area contributed by atoms with Crippen molar-refractivity contribution in [2.45, 2.75) is 27.7 Å². The molecule has 37 heavy (non-hydrogen) atoms. The van der Waals surface area contributed by atoms with Crippen LogP contribution in [0, 0.1) is 27.7 Å². The average Bonchev–Trinajstić information content (AvgIpc) is 3.51. The molecule has 0 radical (unpaired) electrons. The third-order valence-electron chi connectivity index (χ3n) is 6.50. The van der Waals surface area contributed by atoms with Gasteiger partial charge in [0, 0.05) is 32.7 Å². The molecule has 6 rings (SSSR count). The van der Waals surface area contributed by atoms with Gasteiger partial charge in [0.1, 0.15) is 28.8 Å². The zero-order valence-electron chi connectivity index (χ0n) is 21.1. The first-order valence-electron chi connectivity index (χ1n) is 11.9. The zero-order chi connectivity index (χ0) is 25.8. The summed E-state index contributed by atoms with van der Waals surface area (Å²) in [5, 5.41) is 10.2. The number of aromatic nitrogens is 5. The molecule has 8 nitrogen and oxygen atoms in total. The minimum atomic E-state index is 0.649. The molecule has 0 spiro atoms. The second-order valence-electron chi connectivity index (χ2n) is 9.14. The van der Waals surface area contributed by atoms with E-state index in [0.29, 0.717) is 22.4 Å². The Bertz CT molecular complexity index is 1790. The fourth-order valence-corrected chi connectivity index (χ4v) is 5.14. The third kappa shape index (κ3) is 3.90. The van der Waals surface area contributed by atoms with Crippen LogP contribution in [0.15, 0.2) is 47.0 Å². The molecule has 0 unspecified atom stereocenters. The average molecular weight is 513 g/mol. The highest BCUT2D eigenvalue weighted by Gasteiger charge is 2.21. The van der Waals surface area contributed by atoms with E-state index in [9.17, 15) is 0 Å². The lowest BCUT2D eigenvalue weighted by Gasteiger charge is -2.11. The van der Waals surface area contributed by atoms with Crippen LogP contribution in [-0.4, -0.2) is 32.2 Å². The fourth-order valence-electron chi connectivity index (χ4n) is 4.95. The normalized spacial score (nSPS) is 11.5. The van der Waals surface area contributed by atoms with E-state index in [-0.39, 0.29) is 0 Å². The van der Waals surface area contributed by atoms with Crippen LogP contribution in [0.1, 0.15) is 23.0 Å². The minimum Gasteiger partial charge on any atom is -0.496 e. The molecule has 0 atom stereocenters. The molecular formula is C28H25ClN6O2. The molecule has 0 saturated heterocycles. The van der Waals surface area contributed by atoms with Gasteiger partial charge >= 0.3 is 0 Å². The largest absolute Gasteiger partial charge is 0.496 e. The SMILES string of the molecule is COc1cc2c(cc1-c1c(C)noc1C)[nH]c1nc(C)nc(Nc3cc(C)[nH]c3-c3cccc(Cl)c3)c12. The molecule has 9 heteroatoms. The summed E-state index contributed by atoms with van der Waals surface area (Å²) in [7, 11) is 1.66. The first-order chi connectivity index (χ1) is 17.8. The van der Waals surface area contributed by atoms with Crippen molar-refractivity contribution in [2.75, 3.05) is 12.4 Å². The van der Waals surface area contributed by atoms with Crippen LogP contribution in [0.5, 0.6) is 5.75 Å². The number of nitrogens with zero attached hydrogens (tertiary/aromatic N) is 3. The maximum atomic E-state index is 6.28. The van der Waals surface area contributed by atoms with Crippen molar-refractivity contribution in [3.05, 3.63) is 70.5 Å². The van der Waals surface area contributed by atoms with Gasteiger partial charge in [0.15, 0.2) is 0 Å². The Morgan fingerprint density at radius 1 is 1.00 bits per heavy atom. The van der Waals surface area contributed by atoms with E-state index in [1.165, 1.54) is 0 Å². The number of methoxy groups -OCH3 is 1. The van der Waals surface area contributed by atoms with Gasteiger partial charge in [-0.15, -0.1) is 0 Å². The molecule has 0 aliphatic carbocycles. The standard InChI is InChI=1S/C28H25ClN6O2/c1-13-9-22(26(30-13)17-7-6-8-18(29)10-17)34-28-25-19-12-23(36-5)20(24-14(2)35-37-15(24)3)11-21(19)33-27(25)31-16(4)32-28/h6-12,30H,1-5H3,(H2,31,32,33,34). The van der Waals surface area contributed by atoms with Crippen molar-refractivity contribution >= 4 is 45.0 Å². The van der Waals surface area contributed by atoms with E-state index < -0.39 is 0 Å². The van der Waals surface area contributed by atoms with E-state index in [0.717, 1.165) is 67.2 Å². The fraction of sp³-hybridized carbons (Fsp3) is 0.179. The van der Waals surface area contributed by atoms with Crippen LogP contribution >= 0.6 is 11.6 Å². The van der Waals surface area contributed by atoms with E-state index in [2.05, 4.69) is 32.6 Å². The summed E-state index contributed by atoms with van der Waals surface area (Å²) in [6, 6.07) is 13.9. The number of hydrogen-bond donors (Lipinski definition) is 3. The van der Waals surface area contributed by atoms with Gasteiger partial charge in [0.2, 0.25) is 0 Å². The van der Waals surface area contributed by atoms with Gasteiger partial charge in [-0.05, 0) is 58.0 Å². The summed E-state index contributed by atoms with van der Waals surface area (Å²) in [5.74, 6) is 2.80. The summed E-state index contributed by atoms with van der Waals surface area (Å²) in [4.78, 5) is 16.4. The van der Waals surface area contributed by atoms with Gasteiger partial charge in [-0.3, -0.25) is 0 Å². The molecule has 0 amide bonds. The summed E-state index contributed by atoms with van der Waals surface area (Å²) in [6.45, 7) is 7.73. The predicted molar refractivity (Wildman–Crippen MR) is 147 cm³/mol. The highest BCUT2D eigenvalue weighted by Crippen LogP contribution is 2.41. The maximum absolute atomic E-state index is 6.28. The Labute approximate surface area is 218 Å². The number of halogens is 1. The Morgan fingerprint density at radius 2 is 1.84 bits per heavy atom. The Morgan fingerprint density at radius 3 is 2.57 bits per heavy atom. The van der Waals surface area contributed by atoms with Crippen LogP contribution in [0.3, 0.4) is 0 Å². The molecule has 0 aliphatic heterocycles. The van der Waals surface area contributed by atoms with Crippen molar-refractivity contribution in [3.8, 4) is 28.1 Å². The topological polar surface area (TPSA) is 105 Å². The molecule has 186 valence electrons. The molecule has 4 aromatic heterocycles. The Kier molecular flexibility index (Phi) is 5.42. The molecule has 2 aromatic carbocycles. The van der Waals surface area contributed by atoms with Gasteiger partial charge in [0.05, 0.1) is 35.1 Å². The van der Waals surface area contributed by atoms with Gasteiger partial charge in [-0.2, -0.15) is 0 Å². The number of anilines is 2. The van der Waals surface area contributed by atoms with Crippen LogP contribution in [-0.2, 0) is 0 Å². The monoisotopic (exact) mass is 512 g/mol. The number of rotatable bonds is 5. The summed E-state index contributed by atoms with van der Waals surface area (Å²) < 4.78 is 11.2. The summed E-state index contributed by atoms with van der Waals surface area (Å²) >= 11 is 6.28. The number of benzene rings is 2. The lowest BCUT2D eigenvalue weighted by atomic mass is 10.0. The van der Waals surface area contributed by atoms with Crippen LogP contribution in [0.2, 0.25) is 5.02 Å². The number of hydrogen-bond acceptors (Lipinski definition) is 6. The minimum absolute atomic E-state index is 0.649. The van der Waals surface area contributed by atoms with E-state index in [1.807, 2.05) is 58.0 Å². The van der Waals surface area contributed by atoms with Crippen LogP contribution < -0.4 is 10.1 Å². The first-order valence-corrected chi connectivity index (χ1v) is 12.2. The number of ether oxygens (including phenoxy) is 1. The molecule has 4 heterocycles. The van der Waals surface area contributed by atoms with Crippen molar-refractivity contribution in [1.29, 1.82) is 0 Å². The molecule has 0 fully saturated rings. The van der Waals surface area contributed by atoms with Gasteiger partial charge in [-0.1, -0.05) is 28.9 Å². The number of fused-ring (bicyclic) bond motifs is 3. The smallest absolute Gasteiger partial charge is 0.144 e. The van der Waals surface area contributed by atoms with E-state index in [1.54, 1.807) is 7.11 Å². The van der Waals surface area contributed by atoms with Gasteiger partial charge in [0.25, 0.3) is 0 Å². The molecular weight excluding hydrogens is 488 g/mol. The van der Waals surface area contributed by atoms with E-state index in [4.69, 9.17) is 30.8 Å². The number of nitrogens with one attached hydrogen (secondary N) is 3. The highest BCUT2D eigenvalue weighted by molar-refractivity contribution is 6.30. The molecule has 6 aromatic rings. The maximum Gasteiger partial charge on any atom is 0.144 e. The van der Waals surface area contributed by atoms with Crippen LogP contribution in [0.4, 0.5) is 11.5 Å². The quantitative estimate of drug-likeness (QED) is 0.222. The number of H-pyrrole nitrogens is 2. The molecule has 0 aliphatic rings. The van der Waals surface area contributed by atoms with Crippen molar-refractivity contribution < 1.29 is 9.26 Å². The Balaban J connectivity index is 1.55. The van der Waals surface area contributed by atoms with Gasteiger partial charge < -0.3 is 24.5 Å². The lowest BCUT2D eigenvalue weighted by Crippen LogP contribution is -1.99. The van der Waals surface area contributed by atoms with Crippen molar-refractivity contribution in [3.63, 3.8) is 0 Å². The number of aromatic amines is 2. The number of aryl methyl sites for hydroxylation is 4. The van der Waals surface area contributed by atoms with Crippen molar-refractivity contribution in [2.24, 2.45) is 0 Å². The first kappa shape index (κ1) is 23.1. The van der Waals surface area contributed by atoms with Crippen LogP contribution in [0.25, 0.3) is 44.3 Å².